The topological polar surface area (TPSA) is 147 Å². The largest absolute Gasteiger partial charge is 0.397 e. The summed E-state index contributed by atoms with van der Waals surface area (Å²) in [4.78, 5) is 39.2. The number of carbonyl (C=O) groups excluding carboxylic acids is 3. The van der Waals surface area contributed by atoms with Gasteiger partial charge in [-0.2, -0.15) is 8.42 Å². The lowest BCUT2D eigenvalue weighted by atomic mass is 9.82. The van der Waals surface area contributed by atoms with Crippen LogP contribution in [0.4, 0.5) is 22.7 Å². The lowest BCUT2D eigenvalue weighted by Crippen LogP contribution is -2.27. The number of ketones is 2. The van der Waals surface area contributed by atoms with E-state index < -0.39 is 32.3 Å². The summed E-state index contributed by atoms with van der Waals surface area (Å²) in [6.07, 6.45) is 0. The highest BCUT2D eigenvalue weighted by atomic mass is 32.2. The van der Waals surface area contributed by atoms with Crippen LogP contribution in [0.1, 0.15) is 45.7 Å². The van der Waals surface area contributed by atoms with Crippen molar-refractivity contribution < 1.29 is 27.4 Å². The summed E-state index contributed by atoms with van der Waals surface area (Å²) in [6, 6.07) is 13.8. The van der Waals surface area contributed by atoms with Gasteiger partial charge in [0.15, 0.2) is 11.6 Å². The predicted molar refractivity (Wildman–Crippen MR) is 127 cm³/mol. The standard InChI is InChI=1S/C24H21N3O6S/c1-3-27(13(2)28)15-10-8-14(9-11-15)26-18-12-19(34(31,32)33)22(25)21-20(18)23(29)16-6-4-5-7-17(16)24(21)30/h4-12,26H,3,25H2,1-2H3,(H,31,32,33). The van der Waals surface area contributed by atoms with E-state index in [-0.39, 0.29) is 33.8 Å². The van der Waals surface area contributed by atoms with E-state index in [0.29, 0.717) is 17.9 Å². The fourth-order valence-electron chi connectivity index (χ4n) is 4.07. The molecule has 0 fully saturated rings. The van der Waals surface area contributed by atoms with Crippen molar-refractivity contribution in [2.24, 2.45) is 0 Å². The molecule has 0 unspecified atom stereocenters. The maximum atomic E-state index is 13.3. The van der Waals surface area contributed by atoms with Gasteiger partial charge < -0.3 is 16.0 Å². The van der Waals surface area contributed by atoms with Crippen LogP contribution in [0.5, 0.6) is 0 Å². The maximum absolute atomic E-state index is 13.3. The molecule has 1 aliphatic carbocycles. The first kappa shape index (κ1) is 23.1. The molecule has 3 aromatic rings. The van der Waals surface area contributed by atoms with Crippen molar-refractivity contribution in [1.29, 1.82) is 0 Å². The molecule has 1 aliphatic rings. The average molecular weight is 480 g/mol. The first-order valence-electron chi connectivity index (χ1n) is 10.3. The molecule has 174 valence electrons. The number of nitrogens with one attached hydrogen (secondary N) is 1. The third-order valence-corrected chi connectivity index (χ3v) is 6.53. The summed E-state index contributed by atoms with van der Waals surface area (Å²) >= 11 is 0. The van der Waals surface area contributed by atoms with Crippen molar-refractivity contribution in [2.45, 2.75) is 18.7 Å². The number of nitrogens with zero attached hydrogens (tertiary/aromatic N) is 1. The fourth-order valence-corrected chi connectivity index (χ4v) is 4.72. The first-order chi connectivity index (χ1) is 16.0. The van der Waals surface area contributed by atoms with E-state index in [9.17, 15) is 27.4 Å². The first-order valence-corrected chi connectivity index (χ1v) is 11.8. The number of benzene rings is 3. The third-order valence-electron chi connectivity index (χ3n) is 5.63. The second kappa shape index (κ2) is 8.40. The van der Waals surface area contributed by atoms with Crippen LogP contribution in [-0.2, 0) is 14.9 Å². The van der Waals surface area contributed by atoms with Gasteiger partial charge in [-0.15, -0.1) is 0 Å². The van der Waals surface area contributed by atoms with E-state index in [0.717, 1.165) is 6.07 Å². The smallest absolute Gasteiger partial charge is 0.296 e. The molecular weight excluding hydrogens is 458 g/mol. The Kier molecular flexibility index (Phi) is 5.72. The summed E-state index contributed by atoms with van der Waals surface area (Å²) < 4.78 is 33.7. The van der Waals surface area contributed by atoms with Gasteiger partial charge in [-0.3, -0.25) is 18.9 Å². The molecule has 0 aromatic heterocycles. The Morgan fingerprint density at radius 3 is 2.06 bits per heavy atom. The van der Waals surface area contributed by atoms with Gasteiger partial charge in [0.1, 0.15) is 4.90 Å². The molecule has 0 heterocycles. The molecule has 9 nitrogen and oxygen atoms in total. The number of hydrogen-bond donors (Lipinski definition) is 3. The molecule has 3 aromatic carbocycles. The minimum atomic E-state index is -4.80. The molecule has 0 radical (unpaired) electrons. The quantitative estimate of drug-likeness (QED) is 0.291. The zero-order chi connectivity index (χ0) is 24.8. The lowest BCUT2D eigenvalue weighted by molar-refractivity contribution is -0.116. The molecule has 4 N–H and O–H groups in total. The summed E-state index contributed by atoms with van der Waals surface area (Å²) in [5.41, 5.74) is 6.48. The number of hydrogen-bond acceptors (Lipinski definition) is 7. The van der Waals surface area contributed by atoms with Gasteiger partial charge in [0.25, 0.3) is 10.1 Å². The number of carbonyl (C=O) groups is 3. The fraction of sp³-hybridized carbons (Fsp3) is 0.125. The zero-order valence-electron chi connectivity index (χ0n) is 18.3. The van der Waals surface area contributed by atoms with Crippen molar-refractivity contribution in [3.8, 4) is 0 Å². The Labute approximate surface area is 195 Å². The van der Waals surface area contributed by atoms with Crippen LogP contribution in [0.2, 0.25) is 0 Å². The highest BCUT2D eigenvalue weighted by Gasteiger charge is 2.36. The van der Waals surface area contributed by atoms with E-state index >= 15 is 0 Å². The van der Waals surface area contributed by atoms with Gasteiger partial charge in [-0.05, 0) is 37.3 Å². The number of anilines is 4. The van der Waals surface area contributed by atoms with E-state index in [4.69, 9.17) is 5.73 Å². The Morgan fingerprint density at radius 1 is 1.00 bits per heavy atom. The van der Waals surface area contributed by atoms with Crippen LogP contribution < -0.4 is 16.0 Å². The lowest BCUT2D eigenvalue weighted by Gasteiger charge is -2.24. The molecule has 0 saturated carbocycles. The molecule has 4 rings (SSSR count). The highest BCUT2D eigenvalue weighted by molar-refractivity contribution is 7.86. The van der Waals surface area contributed by atoms with Gasteiger partial charge in [0.2, 0.25) is 5.91 Å². The van der Waals surface area contributed by atoms with Crippen LogP contribution in [0.3, 0.4) is 0 Å². The van der Waals surface area contributed by atoms with Gasteiger partial charge in [0, 0.05) is 36.0 Å². The number of fused-ring (bicyclic) bond motifs is 2. The molecule has 0 atom stereocenters. The van der Waals surface area contributed by atoms with E-state index in [1.165, 1.54) is 19.1 Å². The minimum Gasteiger partial charge on any atom is -0.397 e. The molecule has 0 spiro atoms. The van der Waals surface area contributed by atoms with Gasteiger partial charge in [-0.1, -0.05) is 24.3 Å². The molecule has 34 heavy (non-hydrogen) atoms. The zero-order valence-corrected chi connectivity index (χ0v) is 19.1. The van der Waals surface area contributed by atoms with Crippen molar-refractivity contribution >= 4 is 50.3 Å². The Morgan fingerprint density at radius 2 is 1.56 bits per heavy atom. The number of amides is 1. The van der Waals surface area contributed by atoms with E-state index in [1.807, 2.05) is 6.92 Å². The SMILES string of the molecule is CCN(C(C)=O)c1ccc(Nc2cc(S(=O)(=O)O)c(N)c3c2C(=O)c2ccccc2C3=O)cc1. The average Bonchev–Trinajstić information content (AvgIpc) is 2.79. The van der Waals surface area contributed by atoms with Gasteiger partial charge in [0.05, 0.1) is 22.5 Å². The summed E-state index contributed by atoms with van der Waals surface area (Å²) in [6.45, 7) is 3.76. The molecule has 0 bridgehead atoms. The monoisotopic (exact) mass is 479 g/mol. The van der Waals surface area contributed by atoms with Crippen LogP contribution in [0, 0.1) is 0 Å². The normalized spacial score (nSPS) is 12.7. The molecule has 0 aliphatic heterocycles. The highest BCUT2D eigenvalue weighted by Crippen LogP contribution is 2.40. The molecule has 0 saturated heterocycles. The second-order valence-corrected chi connectivity index (χ2v) is 9.09. The summed E-state index contributed by atoms with van der Waals surface area (Å²) in [5, 5.41) is 2.96. The minimum absolute atomic E-state index is 0.00339. The number of nitrogens with two attached hydrogens (primary N) is 1. The number of rotatable bonds is 5. The van der Waals surface area contributed by atoms with Crippen molar-refractivity contribution in [2.75, 3.05) is 22.5 Å². The van der Waals surface area contributed by atoms with Crippen LogP contribution >= 0.6 is 0 Å². The van der Waals surface area contributed by atoms with Crippen molar-refractivity contribution in [3.63, 3.8) is 0 Å². The second-order valence-electron chi connectivity index (χ2n) is 7.70. The van der Waals surface area contributed by atoms with Crippen LogP contribution in [0.15, 0.2) is 59.5 Å². The van der Waals surface area contributed by atoms with Gasteiger partial charge in [-0.25, -0.2) is 0 Å². The van der Waals surface area contributed by atoms with E-state index in [2.05, 4.69) is 5.32 Å². The van der Waals surface area contributed by atoms with Gasteiger partial charge >= 0.3 is 0 Å². The van der Waals surface area contributed by atoms with Crippen molar-refractivity contribution in [1.82, 2.24) is 0 Å². The number of nitrogen functional groups attached to an aromatic ring is 1. The Hall–Kier alpha value is -4.02. The maximum Gasteiger partial charge on any atom is 0.296 e. The van der Waals surface area contributed by atoms with Crippen LogP contribution in [0.25, 0.3) is 0 Å². The summed E-state index contributed by atoms with van der Waals surface area (Å²) in [7, 11) is -4.80. The Bertz CT molecular complexity index is 1460. The van der Waals surface area contributed by atoms with Crippen molar-refractivity contribution in [3.05, 3.63) is 76.9 Å². The van der Waals surface area contributed by atoms with E-state index in [1.54, 1.807) is 41.3 Å². The predicted octanol–water partition coefficient (Wildman–Crippen LogP) is 3.41. The third kappa shape index (κ3) is 3.82. The molecule has 1 amide bonds. The molecule has 10 heteroatoms. The summed E-state index contributed by atoms with van der Waals surface area (Å²) in [5.74, 6) is -1.25. The van der Waals surface area contributed by atoms with Crippen LogP contribution in [-0.4, -0.2) is 37.0 Å². The Balaban J connectivity index is 1.88. The molecular formula is C24H21N3O6S.